The molecule has 0 unspecified atom stereocenters. The lowest BCUT2D eigenvalue weighted by Crippen LogP contribution is -2.46. The molecule has 1 atom stereocenters. The fourth-order valence-electron chi connectivity index (χ4n) is 4.54. The van der Waals surface area contributed by atoms with Crippen molar-refractivity contribution in [3.05, 3.63) is 83.2 Å². The molecule has 4 rings (SSSR count). The van der Waals surface area contributed by atoms with E-state index in [0.717, 1.165) is 59.4 Å². The summed E-state index contributed by atoms with van der Waals surface area (Å²) in [5.74, 6) is -0.250. The third-order valence-corrected chi connectivity index (χ3v) is 6.48. The lowest BCUT2D eigenvalue weighted by molar-refractivity contribution is -0.112. The van der Waals surface area contributed by atoms with E-state index in [0.29, 0.717) is 12.2 Å². The molecule has 172 valence electrons. The summed E-state index contributed by atoms with van der Waals surface area (Å²) in [6, 6.07) is 19.4. The maximum atomic E-state index is 13.0. The molecule has 0 bridgehead atoms. The zero-order chi connectivity index (χ0) is 23.4. The van der Waals surface area contributed by atoms with Gasteiger partial charge in [-0.3, -0.25) is 9.69 Å². The summed E-state index contributed by atoms with van der Waals surface area (Å²) < 4.78 is 0. The fraction of sp³-hybridized carbons (Fsp3) is 0.333. The zero-order valence-corrected chi connectivity index (χ0v) is 19.2. The van der Waals surface area contributed by atoms with Crippen molar-refractivity contribution < 1.29 is 15.0 Å². The Hall–Kier alpha value is -3.06. The Morgan fingerprint density at radius 1 is 1.06 bits per heavy atom. The van der Waals surface area contributed by atoms with Crippen LogP contribution in [0.3, 0.4) is 0 Å². The van der Waals surface area contributed by atoms with Crippen molar-refractivity contribution in [3.63, 3.8) is 0 Å². The largest absolute Gasteiger partial charge is 0.367 e. The van der Waals surface area contributed by atoms with Crippen molar-refractivity contribution in [2.45, 2.75) is 52.0 Å². The minimum atomic E-state index is -1.35. The van der Waals surface area contributed by atoms with Gasteiger partial charge in [-0.2, -0.15) is 0 Å². The third-order valence-electron chi connectivity index (χ3n) is 6.48. The average molecular weight is 446 g/mol. The maximum absolute atomic E-state index is 13.0. The van der Waals surface area contributed by atoms with E-state index in [2.05, 4.69) is 33.4 Å². The average Bonchev–Trinajstić information content (AvgIpc) is 2.82. The first-order valence-electron chi connectivity index (χ1n) is 11.5. The molecule has 2 aromatic carbocycles. The number of aryl methyl sites for hydroxylation is 1. The second-order valence-electron chi connectivity index (χ2n) is 8.69. The number of pyridine rings is 1. The molecule has 1 fully saturated rings. The van der Waals surface area contributed by atoms with E-state index in [1.165, 1.54) is 0 Å². The van der Waals surface area contributed by atoms with E-state index in [9.17, 15) is 15.0 Å². The number of carbonyl (C=O) groups excluding carboxylic acids is 1. The first kappa shape index (κ1) is 23.1. The number of nitrogens with zero attached hydrogens (tertiary/aromatic N) is 2. The quantitative estimate of drug-likeness (QED) is 0.493. The van der Waals surface area contributed by atoms with Crippen molar-refractivity contribution in [3.8, 4) is 11.1 Å². The molecule has 1 aromatic heterocycles. The van der Waals surface area contributed by atoms with Gasteiger partial charge in [-0.1, -0.05) is 55.0 Å². The standard InChI is InChI=1S/C27H31N3O3/c1-18-22(20-9-4-3-5-10-20)11-8-12-23(18)29-26(31)24-15-14-21(19(2)28-24)17-30-16-7-6-13-25(30)27(32)33/h3-5,8-12,14-15,25,27,32-33H,6-7,13,16-17H2,1-2H3,(H,29,31)/t25-/m0/s1. The molecule has 0 spiro atoms. The Morgan fingerprint density at radius 2 is 1.85 bits per heavy atom. The van der Waals surface area contributed by atoms with Crippen molar-refractivity contribution in [2.24, 2.45) is 0 Å². The molecule has 2 heterocycles. The van der Waals surface area contributed by atoms with Gasteiger partial charge in [-0.15, -0.1) is 0 Å². The summed E-state index contributed by atoms with van der Waals surface area (Å²) in [5, 5.41) is 22.4. The van der Waals surface area contributed by atoms with E-state index in [1.54, 1.807) is 6.07 Å². The maximum Gasteiger partial charge on any atom is 0.274 e. The van der Waals surface area contributed by atoms with Crippen LogP contribution in [0.5, 0.6) is 0 Å². The number of anilines is 1. The first-order valence-corrected chi connectivity index (χ1v) is 11.5. The highest BCUT2D eigenvalue weighted by atomic mass is 16.5. The Labute approximate surface area is 194 Å². The number of hydrogen-bond acceptors (Lipinski definition) is 5. The first-order chi connectivity index (χ1) is 15.9. The summed E-state index contributed by atoms with van der Waals surface area (Å²) in [6.07, 6.45) is 1.46. The normalized spacial score (nSPS) is 16.7. The molecule has 1 saturated heterocycles. The number of likely N-dealkylation sites (tertiary alicyclic amines) is 1. The minimum Gasteiger partial charge on any atom is -0.367 e. The fourth-order valence-corrected chi connectivity index (χ4v) is 4.54. The van der Waals surface area contributed by atoms with Crippen LogP contribution in [-0.4, -0.2) is 44.9 Å². The van der Waals surface area contributed by atoms with E-state index in [1.807, 2.05) is 50.2 Å². The van der Waals surface area contributed by atoms with E-state index >= 15 is 0 Å². The lowest BCUT2D eigenvalue weighted by atomic mass is 9.99. The molecule has 33 heavy (non-hydrogen) atoms. The van der Waals surface area contributed by atoms with Gasteiger partial charge < -0.3 is 15.5 Å². The van der Waals surface area contributed by atoms with E-state index in [-0.39, 0.29) is 11.9 Å². The molecular formula is C27H31N3O3. The molecule has 0 aliphatic carbocycles. The second-order valence-corrected chi connectivity index (χ2v) is 8.69. The number of carbonyl (C=O) groups is 1. The van der Waals surface area contributed by atoms with Gasteiger partial charge in [-0.05, 0) is 67.6 Å². The van der Waals surface area contributed by atoms with Crippen molar-refractivity contribution in [1.82, 2.24) is 9.88 Å². The topological polar surface area (TPSA) is 85.7 Å². The third kappa shape index (κ3) is 5.30. The van der Waals surface area contributed by atoms with Gasteiger partial charge in [0, 0.05) is 17.9 Å². The number of aromatic nitrogens is 1. The highest BCUT2D eigenvalue weighted by Crippen LogP contribution is 2.29. The van der Waals surface area contributed by atoms with Crippen molar-refractivity contribution in [1.29, 1.82) is 0 Å². The molecule has 0 saturated carbocycles. The molecule has 3 aromatic rings. The Kier molecular flexibility index (Phi) is 7.18. The molecule has 6 heteroatoms. The van der Waals surface area contributed by atoms with Crippen LogP contribution in [0, 0.1) is 13.8 Å². The summed E-state index contributed by atoms with van der Waals surface area (Å²) in [7, 11) is 0. The Balaban J connectivity index is 1.49. The van der Waals surface area contributed by atoms with Crippen LogP contribution in [0.25, 0.3) is 11.1 Å². The lowest BCUT2D eigenvalue weighted by Gasteiger charge is -2.36. The predicted molar refractivity (Wildman–Crippen MR) is 130 cm³/mol. The van der Waals surface area contributed by atoms with Gasteiger partial charge in [0.1, 0.15) is 5.69 Å². The molecule has 1 amide bonds. The monoisotopic (exact) mass is 445 g/mol. The SMILES string of the molecule is Cc1nc(C(=O)Nc2cccc(-c3ccccc3)c2C)ccc1CN1CCCC[C@H]1C(O)O. The van der Waals surface area contributed by atoms with Gasteiger partial charge in [0.15, 0.2) is 6.29 Å². The van der Waals surface area contributed by atoms with Gasteiger partial charge in [0.2, 0.25) is 0 Å². The van der Waals surface area contributed by atoms with Crippen molar-refractivity contribution in [2.75, 3.05) is 11.9 Å². The molecule has 3 N–H and O–H groups in total. The van der Waals surface area contributed by atoms with Gasteiger partial charge in [-0.25, -0.2) is 4.98 Å². The number of rotatable bonds is 6. The second kappa shape index (κ2) is 10.3. The molecule has 1 aliphatic rings. The number of benzene rings is 2. The van der Waals surface area contributed by atoms with Crippen LogP contribution in [0.4, 0.5) is 5.69 Å². The predicted octanol–water partition coefficient (Wildman–Crippen LogP) is 4.28. The number of piperidine rings is 1. The number of hydrogen-bond donors (Lipinski definition) is 3. The highest BCUT2D eigenvalue weighted by Gasteiger charge is 2.28. The number of aliphatic hydroxyl groups is 2. The minimum absolute atomic E-state index is 0.250. The number of aliphatic hydroxyl groups excluding tert-OH is 1. The van der Waals surface area contributed by atoms with Crippen LogP contribution in [-0.2, 0) is 6.54 Å². The van der Waals surface area contributed by atoms with Crippen LogP contribution in [0.15, 0.2) is 60.7 Å². The van der Waals surface area contributed by atoms with Gasteiger partial charge >= 0.3 is 0 Å². The smallest absolute Gasteiger partial charge is 0.274 e. The van der Waals surface area contributed by atoms with Crippen LogP contribution in [0.2, 0.25) is 0 Å². The highest BCUT2D eigenvalue weighted by molar-refractivity contribution is 6.03. The molecule has 0 radical (unpaired) electrons. The van der Waals surface area contributed by atoms with Gasteiger partial charge in [0.05, 0.1) is 6.04 Å². The molecular weight excluding hydrogens is 414 g/mol. The van der Waals surface area contributed by atoms with Crippen LogP contribution < -0.4 is 5.32 Å². The number of amides is 1. The summed E-state index contributed by atoms with van der Waals surface area (Å²) in [6.45, 7) is 5.30. The zero-order valence-electron chi connectivity index (χ0n) is 19.2. The molecule has 6 nitrogen and oxygen atoms in total. The summed E-state index contributed by atoms with van der Waals surface area (Å²) in [4.78, 5) is 19.6. The van der Waals surface area contributed by atoms with Gasteiger partial charge in [0.25, 0.3) is 5.91 Å². The summed E-state index contributed by atoms with van der Waals surface area (Å²) in [5.41, 5.74) is 6.07. The Morgan fingerprint density at radius 3 is 2.58 bits per heavy atom. The van der Waals surface area contributed by atoms with Crippen molar-refractivity contribution >= 4 is 11.6 Å². The van der Waals surface area contributed by atoms with Crippen LogP contribution >= 0.6 is 0 Å². The Bertz CT molecular complexity index is 1110. The van der Waals surface area contributed by atoms with E-state index < -0.39 is 6.29 Å². The molecule has 1 aliphatic heterocycles. The number of nitrogens with one attached hydrogen (secondary N) is 1. The van der Waals surface area contributed by atoms with E-state index in [4.69, 9.17) is 0 Å². The van der Waals surface area contributed by atoms with Crippen LogP contribution in [0.1, 0.15) is 46.6 Å². The summed E-state index contributed by atoms with van der Waals surface area (Å²) >= 11 is 0.